The molecule has 2 rings (SSSR count). The summed E-state index contributed by atoms with van der Waals surface area (Å²) < 4.78 is 5.05. The van der Waals surface area contributed by atoms with Crippen molar-refractivity contribution in [2.24, 2.45) is 5.92 Å². The number of carbonyl (C=O) groups is 2. The number of amides is 2. The summed E-state index contributed by atoms with van der Waals surface area (Å²) in [6, 6.07) is 2.69. The summed E-state index contributed by atoms with van der Waals surface area (Å²) in [7, 11) is 1.46. The molecule has 0 saturated heterocycles. The topological polar surface area (TPSA) is 87.7 Å². The van der Waals surface area contributed by atoms with Gasteiger partial charge >= 0.3 is 12.0 Å². The number of aliphatic carboxylic acids is 1. The molecule has 0 spiro atoms. The van der Waals surface area contributed by atoms with Crippen LogP contribution in [0.15, 0.2) is 12.1 Å². The van der Waals surface area contributed by atoms with Gasteiger partial charge in [0, 0.05) is 11.7 Å². The number of methoxy groups -OCH3 is 1. The molecule has 0 radical (unpaired) electrons. The average molecular weight is 361 g/mol. The third-order valence-electron chi connectivity index (χ3n) is 3.87. The second-order valence-electron chi connectivity index (χ2n) is 5.46. The molecule has 1 aliphatic rings. The summed E-state index contributed by atoms with van der Waals surface area (Å²) in [5.41, 5.74) is 0.456. The van der Waals surface area contributed by atoms with Gasteiger partial charge in [-0.2, -0.15) is 0 Å². The molecule has 1 aromatic rings. The van der Waals surface area contributed by atoms with Gasteiger partial charge in [-0.1, -0.05) is 23.2 Å². The molecule has 0 unspecified atom stereocenters. The van der Waals surface area contributed by atoms with Gasteiger partial charge in [0.2, 0.25) is 0 Å². The normalized spacial score (nSPS) is 20.7. The van der Waals surface area contributed by atoms with Crippen molar-refractivity contribution in [3.05, 3.63) is 22.2 Å². The van der Waals surface area contributed by atoms with E-state index >= 15 is 0 Å². The minimum Gasteiger partial charge on any atom is -0.494 e. The van der Waals surface area contributed by atoms with E-state index in [9.17, 15) is 9.59 Å². The van der Waals surface area contributed by atoms with E-state index in [-0.39, 0.29) is 18.0 Å². The van der Waals surface area contributed by atoms with Crippen LogP contribution in [-0.2, 0) is 4.79 Å². The largest absolute Gasteiger partial charge is 0.494 e. The smallest absolute Gasteiger partial charge is 0.319 e. The number of urea groups is 1. The first-order valence-corrected chi connectivity index (χ1v) is 7.99. The first-order valence-electron chi connectivity index (χ1n) is 7.24. The molecule has 3 N–H and O–H groups in total. The highest BCUT2D eigenvalue weighted by atomic mass is 35.5. The van der Waals surface area contributed by atoms with Crippen LogP contribution in [-0.4, -0.2) is 30.3 Å². The van der Waals surface area contributed by atoms with Crippen molar-refractivity contribution >= 4 is 40.9 Å². The summed E-state index contributed by atoms with van der Waals surface area (Å²) in [6.45, 7) is 0. The molecule has 1 saturated carbocycles. The fourth-order valence-electron chi connectivity index (χ4n) is 2.66. The lowest BCUT2D eigenvalue weighted by molar-refractivity contribution is -0.142. The van der Waals surface area contributed by atoms with Gasteiger partial charge in [-0.05, 0) is 37.8 Å². The molecule has 2 amide bonds. The van der Waals surface area contributed by atoms with Gasteiger partial charge in [0.1, 0.15) is 0 Å². The Bertz CT molecular complexity index is 578. The first-order chi connectivity index (χ1) is 10.9. The number of benzene rings is 1. The summed E-state index contributed by atoms with van der Waals surface area (Å²) in [5, 5.41) is 15.1. The molecular weight excluding hydrogens is 343 g/mol. The summed E-state index contributed by atoms with van der Waals surface area (Å²) >= 11 is 12.0. The molecule has 0 aliphatic heterocycles. The lowest BCUT2D eigenvalue weighted by atomic mass is 9.86. The Balaban J connectivity index is 1.89. The third kappa shape index (κ3) is 4.65. The summed E-state index contributed by atoms with van der Waals surface area (Å²) in [4.78, 5) is 22.9. The molecule has 0 atom stereocenters. The Kier molecular flexibility index (Phi) is 5.96. The van der Waals surface area contributed by atoms with Crippen LogP contribution in [0.3, 0.4) is 0 Å². The highest BCUT2D eigenvalue weighted by molar-refractivity contribution is 6.37. The Hall–Kier alpha value is -1.66. The summed E-state index contributed by atoms with van der Waals surface area (Å²) in [6.07, 6.45) is 2.43. The van der Waals surface area contributed by atoms with Crippen molar-refractivity contribution in [3.8, 4) is 5.75 Å². The predicted molar refractivity (Wildman–Crippen MR) is 88.6 cm³/mol. The number of carboxylic acid groups (broad SMARTS) is 1. The van der Waals surface area contributed by atoms with Gasteiger partial charge in [-0.15, -0.1) is 0 Å². The van der Waals surface area contributed by atoms with E-state index in [2.05, 4.69) is 10.6 Å². The zero-order chi connectivity index (χ0) is 17.0. The SMILES string of the molecule is COc1c(Cl)cc(NC(=O)NC2CCC(C(=O)O)CC2)cc1Cl. The number of anilines is 1. The second kappa shape index (κ2) is 7.75. The van der Waals surface area contributed by atoms with Gasteiger partial charge in [-0.25, -0.2) is 4.79 Å². The molecule has 1 aliphatic carbocycles. The van der Waals surface area contributed by atoms with Crippen LogP contribution >= 0.6 is 23.2 Å². The molecule has 0 heterocycles. The average Bonchev–Trinajstić information content (AvgIpc) is 2.47. The van der Waals surface area contributed by atoms with Crippen LogP contribution in [0.2, 0.25) is 10.0 Å². The summed E-state index contributed by atoms with van der Waals surface area (Å²) in [5.74, 6) is -0.725. The van der Waals surface area contributed by atoms with Crippen LogP contribution in [0.1, 0.15) is 25.7 Å². The Morgan fingerprint density at radius 3 is 2.22 bits per heavy atom. The Labute approximate surface area is 144 Å². The molecule has 1 fully saturated rings. The zero-order valence-corrected chi connectivity index (χ0v) is 14.1. The zero-order valence-electron chi connectivity index (χ0n) is 12.6. The van der Waals surface area contributed by atoms with Gasteiger partial charge in [0.25, 0.3) is 0 Å². The van der Waals surface area contributed by atoms with E-state index < -0.39 is 5.97 Å². The van der Waals surface area contributed by atoms with Crippen molar-refractivity contribution in [3.63, 3.8) is 0 Å². The standard InChI is InChI=1S/C15H18Cl2N2O4/c1-23-13-11(16)6-10(7-12(13)17)19-15(22)18-9-4-2-8(3-5-9)14(20)21/h6-9H,2-5H2,1H3,(H,20,21)(H2,18,19,22). The van der Waals surface area contributed by atoms with Crippen molar-refractivity contribution in [1.29, 1.82) is 0 Å². The molecule has 0 aromatic heterocycles. The third-order valence-corrected chi connectivity index (χ3v) is 4.43. The predicted octanol–water partition coefficient (Wildman–Crippen LogP) is 3.77. The van der Waals surface area contributed by atoms with E-state index in [0.29, 0.717) is 47.2 Å². The van der Waals surface area contributed by atoms with E-state index in [1.807, 2.05) is 0 Å². The van der Waals surface area contributed by atoms with Gasteiger partial charge < -0.3 is 20.5 Å². The first kappa shape index (κ1) is 17.7. The van der Waals surface area contributed by atoms with Crippen LogP contribution in [0.5, 0.6) is 5.75 Å². The monoisotopic (exact) mass is 360 g/mol. The number of carboxylic acids is 1. The maximum atomic E-state index is 12.0. The number of hydrogen-bond donors (Lipinski definition) is 3. The van der Waals surface area contributed by atoms with Crippen LogP contribution < -0.4 is 15.4 Å². The van der Waals surface area contributed by atoms with E-state index in [4.69, 9.17) is 33.0 Å². The van der Waals surface area contributed by atoms with Gasteiger partial charge in [0.15, 0.2) is 5.75 Å². The van der Waals surface area contributed by atoms with Crippen molar-refractivity contribution in [1.82, 2.24) is 5.32 Å². The maximum absolute atomic E-state index is 12.0. The minimum absolute atomic E-state index is 0.0326. The highest BCUT2D eigenvalue weighted by Crippen LogP contribution is 2.35. The van der Waals surface area contributed by atoms with Gasteiger partial charge in [-0.3, -0.25) is 4.79 Å². The molecule has 8 heteroatoms. The molecule has 6 nitrogen and oxygen atoms in total. The number of rotatable bonds is 4. The Morgan fingerprint density at radius 2 is 1.74 bits per heavy atom. The van der Waals surface area contributed by atoms with Crippen LogP contribution in [0, 0.1) is 5.92 Å². The number of carbonyl (C=O) groups excluding carboxylic acids is 1. The molecular formula is C15H18Cl2N2O4. The van der Waals surface area contributed by atoms with Gasteiger partial charge in [0.05, 0.1) is 23.1 Å². The van der Waals surface area contributed by atoms with Crippen molar-refractivity contribution in [2.75, 3.05) is 12.4 Å². The lowest BCUT2D eigenvalue weighted by Crippen LogP contribution is -2.40. The van der Waals surface area contributed by atoms with Crippen LogP contribution in [0.25, 0.3) is 0 Å². The second-order valence-corrected chi connectivity index (χ2v) is 6.27. The Morgan fingerprint density at radius 1 is 1.17 bits per heavy atom. The fraction of sp³-hybridized carbons (Fsp3) is 0.467. The maximum Gasteiger partial charge on any atom is 0.319 e. The quantitative estimate of drug-likeness (QED) is 0.762. The number of hydrogen-bond acceptors (Lipinski definition) is 3. The number of ether oxygens (including phenoxy) is 1. The fourth-order valence-corrected chi connectivity index (χ4v) is 3.31. The highest BCUT2D eigenvalue weighted by Gasteiger charge is 2.26. The van der Waals surface area contributed by atoms with Crippen molar-refractivity contribution < 1.29 is 19.4 Å². The van der Waals surface area contributed by atoms with Crippen molar-refractivity contribution in [2.45, 2.75) is 31.7 Å². The van der Waals surface area contributed by atoms with E-state index in [1.54, 1.807) is 12.1 Å². The minimum atomic E-state index is -0.768. The van der Waals surface area contributed by atoms with E-state index in [0.717, 1.165) is 0 Å². The molecule has 1 aromatic carbocycles. The lowest BCUT2D eigenvalue weighted by Gasteiger charge is -2.26. The van der Waals surface area contributed by atoms with E-state index in [1.165, 1.54) is 7.11 Å². The number of nitrogens with one attached hydrogen (secondary N) is 2. The number of halogens is 2. The van der Waals surface area contributed by atoms with Crippen LogP contribution in [0.4, 0.5) is 10.5 Å². The molecule has 0 bridgehead atoms. The molecule has 126 valence electrons. The molecule has 23 heavy (non-hydrogen) atoms.